The van der Waals surface area contributed by atoms with Gasteiger partial charge in [-0.3, -0.25) is 0 Å². The molecule has 100 valence electrons. The molecule has 1 atom stereocenters. The number of rotatable bonds is 5. The third-order valence-electron chi connectivity index (χ3n) is 3.07. The number of hydrogen-bond acceptors (Lipinski definition) is 4. The van der Waals surface area contributed by atoms with Crippen molar-refractivity contribution in [2.45, 2.75) is 19.9 Å². The Labute approximate surface area is 109 Å². The third kappa shape index (κ3) is 3.45. The van der Waals surface area contributed by atoms with Crippen LogP contribution in [0.15, 0.2) is 24.3 Å². The van der Waals surface area contributed by atoms with Gasteiger partial charge < -0.3 is 9.47 Å². The Morgan fingerprint density at radius 3 is 2.78 bits per heavy atom. The number of nitrogens with zero attached hydrogens (tertiary/aromatic N) is 1. The predicted molar refractivity (Wildman–Crippen MR) is 71.6 cm³/mol. The molecule has 1 N–H and O–H groups in total. The van der Waals surface area contributed by atoms with E-state index in [9.17, 15) is 0 Å². The van der Waals surface area contributed by atoms with E-state index in [1.807, 2.05) is 19.1 Å². The Bertz CT molecular complexity index is 365. The van der Waals surface area contributed by atoms with Gasteiger partial charge in [-0.2, -0.15) is 0 Å². The van der Waals surface area contributed by atoms with E-state index in [0.29, 0.717) is 6.61 Å². The lowest BCUT2D eigenvalue weighted by Crippen LogP contribution is -2.46. The van der Waals surface area contributed by atoms with Crippen LogP contribution >= 0.6 is 0 Å². The van der Waals surface area contributed by atoms with Gasteiger partial charge in [0.2, 0.25) is 0 Å². The first kappa shape index (κ1) is 13.3. The number of para-hydroxylation sites is 1. The SMILES string of the molecule is CCOc1ccccc1C(C)NN1CCOCC1. The minimum absolute atomic E-state index is 0.242. The summed E-state index contributed by atoms with van der Waals surface area (Å²) in [6, 6.07) is 8.44. The van der Waals surface area contributed by atoms with Gasteiger partial charge in [0.1, 0.15) is 5.75 Å². The number of hydrazine groups is 1. The maximum atomic E-state index is 5.66. The molecule has 0 aromatic heterocycles. The van der Waals surface area contributed by atoms with E-state index >= 15 is 0 Å². The smallest absolute Gasteiger partial charge is 0.124 e. The minimum atomic E-state index is 0.242. The van der Waals surface area contributed by atoms with Crippen LogP contribution in [0.2, 0.25) is 0 Å². The van der Waals surface area contributed by atoms with Crippen molar-refractivity contribution in [2.75, 3.05) is 32.9 Å². The quantitative estimate of drug-likeness (QED) is 0.866. The summed E-state index contributed by atoms with van der Waals surface area (Å²) in [7, 11) is 0. The van der Waals surface area contributed by atoms with Crippen LogP contribution in [0.4, 0.5) is 0 Å². The Kier molecular flexibility index (Phi) is 4.99. The zero-order valence-corrected chi connectivity index (χ0v) is 11.2. The highest BCUT2D eigenvalue weighted by atomic mass is 16.5. The van der Waals surface area contributed by atoms with Gasteiger partial charge in [0.15, 0.2) is 0 Å². The van der Waals surface area contributed by atoms with Crippen LogP contribution in [0.3, 0.4) is 0 Å². The molecule has 0 aliphatic carbocycles. The van der Waals surface area contributed by atoms with Gasteiger partial charge in [0.25, 0.3) is 0 Å². The normalized spacial score (nSPS) is 18.6. The molecule has 0 amide bonds. The third-order valence-corrected chi connectivity index (χ3v) is 3.07. The largest absolute Gasteiger partial charge is 0.494 e. The van der Waals surface area contributed by atoms with E-state index in [1.165, 1.54) is 5.56 Å². The molecule has 1 heterocycles. The fourth-order valence-corrected chi connectivity index (χ4v) is 2.16. The molecular formula is C14H22N2O2. The molecule has 4 heteroatoms. The molecule has 1 aliphatic heterocycles. The highest BCUT2D eigenvalue weighted by Crippen LogP contribution is 2.25. The number of benzene rings is 1. The summed E-state index contributed by atoms with van der Waals surface area (Å²) in [4.78, 5) is 0. The summed E-state index contributed by atoms with van der Waals surface area (Å²) < 4.78 is 11.0. The number of morpholine rings is 1. The van der Waals surface area contributed by atoms with Crippen molar-refractivity contribution in [1.82, 2.24) is 10.4 Å². The lowest BCUT2D eigenvalue weighted by atomic mass is 10.1. The van der Waals surface area contributed by atoms with E-state index in [0.717, 1.165) is 32.1 Å². The van der Waals surface area contributed by atoms with Crippen molar-refractivity contribution < 1.29 is 9.47 Å². The Hall–Kier alpha value is -1.10. The molecule has 1 unspecified atom stereocenters. The molecule has 0 radical (unpaired) electrons. The zero-order chi connectivity index (χ0) is 12.8. The molecule has 1 aromatic rings. The van der Waals surface area contributed by atoms with Gasteiger partial charge in [0, 0.05) is 24.7 Å². The summed E-state index contributed by atoms with van der Waals surface area (Å²) in [6.45, 7) is 8.33. The summed E-state index contributed by atoms with van der Waals surface area (Å²) in [5.41, 5.74) is 4.71. The van der Waals surface area contributed by atoms with Crippen molar-refractivity contribution in [1.29, 1.82) is 0 Å². The van der Waals surface area contributed by atoms with Crippen LogP contribution in [0, 0.1) is 0 Å². The number of hydrogen-bond donors (Lipinski definition) is 1. The van der Waals surface area contributed by atoms with Gasteiger partial charge in [0.05, 0.1) is 19.8 Å². The first-order valence-corrected chi connectivity index (χ1v) is 6.62. The molecule has 4 nitrogen and oxygen atoms in total. The van der Waals surface area contributed by atoms with Gasteiger partial charge in [-0.05, 0) is 19.9 Å². The molecule has 0 spiro atoms. The summed E-state index contributed by atoms with van der Waals surface area (Å²) in [5, 5.41) is 2.22. The number of nitrogens with one attached hydrogen (secondary N) is 1. The second-order valence-electron chi connectivity index (χ2n) is 4.42. The lowest BCUT2D eigenvalue weighted by Gasteiger charge is -2.30. The van der Waals surface area contributed by atoms with Crippen LogP contribution in [-0.2, 0) is 4.74 Å². The van der Waals surface area contributed by atoms with Gasteiger partial charge in [-0.15, -0.1) is 0 Å². The van der Waals surface area contributed by atoms with Crippen molar-refractivity contribution in [2.24, 2.45) is 0 Å². The minimum Gasteiger partial charge on any atom is -0.494 e. The Morgan fingerprint density at radius 1 is 1.33 bits per heavy atom. The maximum Gasteiger partial charge on any atom is 0.124 e. The van der Waals surface area contributed by atoms with Crippen LogP contribution in [0.1, 0.15) is 25.5 Å². The summed E-state index contributed by atoms with van der Waals surface area (Å²) in [5.74, 6) is 0.966. The number of ether oxygens (including phenoxy) is 2. The molecule has 18 heavy (non-hydrogen) atoms. The molecule has 0 bridgehead atoms. The first-order chi connectivity index (χ1) is 8.81. The molecule has 1 aliphatic rings. The molecule has 2 rings (SSSR count). The first-order valence-electron chi connectivity index (χ1n) is 6.62. The Morgan fingerprint density at radius 2 is 2.06 bits per heavy atom. The fraction of sp³-hybridized carbons (Fsp3) is 0.571. The van der Waals surface area contributed by atoms with Gasteiger partial charge in [-0.25, -0.2) is 10.4 Å². The maximum absolute atomic E-state index is 5.66. The van der Waals surface area contributed by atoms with Crippen LogP contribution < -0.4 is 10.2 Å². The second kappa shape index (κ2) is 6.73. The predicted octanol–water partition coefficient (Wildman–Crippen LogP) is 1.98. The molecule has 1 saturated heterocycles. The lowest BCUT2D eigenvalue weighted by molar-refractivity contribution is 0.00466. The summed E-state index contributed by atoms with van der Waals surface area (Å²) >= 11 is 0. The van der Waals surface area contributed by atoms with E-state index < -0.39 is 0 Å². The monoisotopic (exact) mass is 250 g/mol. The zero-order valence-electron chi connectivity index (χ0n) is 11.2. The second-order valence-corrected chi connectivity index (χ2v) is 4.42. The van der Waals surface area contributed by atoms with Crippen molar-refractivity contribution in [3.05, 3.63) is 29.8 Å². The summed E-state index contributed by atoms with van der Waals surface area (Å²) in [6.07, 6.45) is 0. The van der Waals surface area contributed by atoms with Gasteiger partial charge in [-0.1, -0.05) is 18.2 Å². The van der Waals surface area contributed by atoms with E-state index in [1.54, 1.807) is 0 Å². The van der Waals surface area contributed by atoms with Crippen molar-refractivity contribution in [3.8, 4) is 5.75 Å². The fourth-order valence-electron chi connectivity index (χ4n) is 2.16. The molecular weight excluding hydrogens is 228 g/mol. The molecule has 1 fully saturated rings. The highest BCUT2D eigenvalue weighted by molar-refractivity contribution is 5.35. The highest BCUT2D eigenvalue weighted by Gasteiger charge is 2.16. The average molecular weight is 250 g/mol. The van der Waals surface area contributed by atoms with Crippen LogP contribution in [-0.4, -0.2) is 37.9 Å². The van der Waals surface area contributed by atoms with E-state index in [4.69, 9.17) is 9.47 Å². The molecule has 0 saturated carbocycles. The topological polar surface area (TPSA) is 33.7 Å². The van der Waals surface area contributed by atoms with Crippen molar-refractivity contribution in [3.63, 3.8) is 0 Å². The van der Waals surface area contributed by atoms with E-state index in [-0.39, 0.29) is 6.04 Å². The van der Waals surface area contributed by atoms with Crippen molar-refractivity contribution >= 4 is 0 Å². The van der Waals surface area contributed by atoms with Crippen LogP contribution in [0.5, 0.6) is 5.75 Å². The van der Waals surface area contributed by atoms with Crippen LogP contribution in [0.25, 0.3) is 0 Å². The average Bonchev–Trinajstić information content (AvgIpc) is 2.41. The van der Waals surface area contributed by atoms with E-state index in [2.05, 4.69) is 29.5 Å². The van der Waals surface area contributed by atoms with Gasteiger partial charge >= 0.3 is 0 Å². The standard InChI is InChI=1S/C14H22N2O2/c1-3-18-14-7-5-4-6-13(14)12(2)15-16-8-10-17-11-9-16/h4-7,12,15H,3,8-11H2,1-2H3. The molecule has 1 aromatic carbocycles. The Balaban J connectivity index is 2.00.